The first-order valence-electron chi connectivity index (χ1n) is 9.78. The standard InChI is InChI=1S/C20H31F3N4O/c1-15(2)14-27-11-8-16(9-12-27)26-19(24-3)25-10-13-28-18-7-5-4-6-17(18)20(21,22)23/h4-7,15-16H,8-14H2,1-3H3,(H2,24,25,26). The van der Waals surface area contributed by atoms with Gasteiger partial charge in [-0.2, -0.15) is 13.2 Å². The number of piperidine rings is 1. The van der Waals surface area contributed by atoms with E-state index in [9.17, 15) is 13.2 Å². The predicted molar refractivity (Wildman–Crippen MR) is 106 cm³/mol. The van der Waals surface area contributed by atoms with Gasteiger partial charge in [0.1, 0.15) is 12.4 Å². The normalized spacial score (nSPS) is 17.0. The van der Waals surface area contributed by atoms with Gasteiger partial charge in [0.2, 0.25) is 0 Å². The Balaban J connectivity index is 1.73. The number of alkyl halides is 3. The van der Waals surface area contributed by atoms with E-state index in [-0.39, 0.29) is 12.4 Å². The molecule has 1 aromatic carbocycles. The second kappa shape index (κ2) is 10.5. The van der Waals surface area contributed by atoms with Crippen LogP contribution >= 0.6 is 0 Å². The molecule has 0 aliphatic carbocycles. The van der Waals surface area contributed by atoms with Gasteiger partial charge in [-0.3, -0.25) is 4.99 Å². The van der Waals surface area contributed by atoms with Crippen LogP contribution in [0.4, 0.5) is 13.2 Å². The molecule has 0 amide bonds. The highest BCUT2D eigenvalue weighted by atomic mass is 19.4. The molecule has 1 saturated heterocycles. The lowest BCUT2D eigenvalue weighted by molar-refractivity contribution is -0.138. The molecule has 0 spiro atoms. The van der Waals surface area contributed by atoms with E-state index in [1.54, 1.807) is 7.05 Å². The number of aliphatic imine (C=N–C) groups is 1. The number of halogens is 3. The molecule has 2 rings (SSSR count). The van der Waals surface area contributed by atoms with Gasteiger partial charge in [0.25, 0.3) is 0 Å². The van der Waals surface area contributed by atoms with Crippen molar-refractivity contribution in [3.05, 3.63) is 29.8 Å². The van der Waals surface area contributed by atoms with Gasteiger partial charge in [0.05, 0.1) is 12.1 Å². The first-order chi connectivity index (χ1) is 13.3. The SMILES string of the molecule is CN=C(NCCOc1ccccc1C(F)(F)F)NC1CCN(CC(C)C)CC1. The Labute approximate surface area is 165 Å². The Kier molecular flexibility index (Phi) is 8.41. The summed E-state index contributed by atoms with van der Waals surface area (Å²) in [7, 11) is 1.68. The van der Waals surface area contributed by atoms with Crippen molar-refractivity contribution in [2.24, 2.45) is 10.9 Å². The van der Waals surface area contributed by atoms with E-state index >= 15 is 0 Å². The maximum Gasteiger partial charge on any atom is 0.419 e. The second-order valence-corrected chi connectivity index (χ2v) is 7.45. The number of benzene rings is 1. The first-order valence-corrected chi connectivity index (χ1v) is 9.78. The van der Waals surface area contributed by atoms with Gasteiger partial charge in [0, 0.05) is 32.7 Å². The van der Waals surface area contributed by atoms with Gasteiger partial charge >= 0.3 is 6.18 Å². The molecule has 0 radical (unpaired) electrons. The van der Waals surface area contributed by atoms with Crippen LogP contribution in [-0.4, -0.2) is 56.7 Å². The van der Waals surface area contributed by atoms with Gasteiger partial charge in [0.15, 0.2) is 5.96 Å². The van der Waals surface area contributed by atoms with Crippen molar-refractivity contribution >= 4 is 5.96 Å². The third-order valence-electron chi connectivity index (χ3n) is 4.62. The molecule has 28 heavy (non-hydrogen) atoms. The molecular weight excluding hydrogens is 369 g/mol. The zero-order chi connectivity index (χ0) is 20.6. The monoisotopic (exact) mass is 400 g/mol. The van der Waals surface area contributed by atoms with Gasteiger partial charge in [-0.05, 0) is 30.9 Å². The van der Waals surface area contributed by atoms with Crippen LogP contribution in [0.25, 0.3) is 0 Å². The summed E-state index contributed by atoms with van der Waals surface area (Å²) < 4.78 is 44.2. The summed E-state index contributed by atoms with van der Waals surface area (Å²) in [5, 5.41) is 6.50. The van der Waals surface area contributed by atoms with E-state index in [0.29, 0.717) is 24.5 Å². The molecule has 1 aromatic rings. The molecule has 1 heterocycles. The van der Waals surface area contributed by atoms with Crippen molar-refractivity contribution in [2.75, 3.05) is 39.8 Å². The highest BCUT2D eigenvalue weighted by Gasteiger charge is 2.33. The van der Waals surface area contributed by atoms with E-state index in [1.165, 1.54) is 18.2 Å². The molecule has 5 nitrogen and oxygen atoms in total. The molecule has 1 aliphatic rings. The third kappa shape index (κ3) is 7.22. The summed E-state index contributed by atoms with van der Waals surface area (Å²) in [6.45, 7) is 8.17. The van der Waals surface area contributed by atoms with Crippen LogP contribution in [0.2, 0.25) is 0 Å². The van der Waals surface area contributed by atoms with Crippen LogP contribution in [0, 0.1) is 5.92 Å². The summed E-state index contributed by atoms with van der Waals surface area (Å²) in [5.41, 5.74) is -0.759. The Bertz CT molecular complexity index is 626. The number of nitrogens with one attached hydrogen (secondary N) is 2. The molecule has 158 valence electrons. The lowest BCUT2D eigenvalue weighted by atomic mass is 10.0. The maximum absolute atomic E-state index is 13.0. The molecule has 0 atom stereocenters. The molecule has 8 heteroatoms. The van der Waals surface area contributed by atoms with Crippen LogP contribution in [-0.2, 0) is 6.18 Å². The predicted octanol–water partition coefficient (Wildman–Crippen LogP) is 3.37. The summed E-state index contributed by atoms with van der Waals surface area (Å²) in [4.78, 5) is 6.67. The molecule has 0 saturated carbocycles. The highest BCUT2D eigenvalue weighted by molar-refractivity contribution is 5.79. The zero-order valence-corrected chi connectivity index (χ0v) is 16.9. The fraction of sp³-hybridized carbons (Fsp3) is 0.650. The van der Waals surface area contributed by atoms with Crippen molar-refractivity contribution in [2.45, 2.75) is 38.9 Å². The van der Waals surface area contributed by atoms with Crippen LogP contribution in [0.5, 0.6) is 5.75 Å². The largest absolute Gasteiger partial charge is 0.491 e. The van der Waals surface area contributed by atoms with Crippen molar-refractivity contribution < 1.29 is 17.9 Å². The van der Waals surface area contributed by atoms with Gasteiger partial charge < -0.3 is 20.3 Å². The number of rotatable bonds is 7. The smallest absolute Gasteiger partial charge is 0.419 e. The highest BCUT2D eigenvalue weighted by Crippen LogP contribution is 2.35. The lowest BCUT2D eigenvalue weighted by Crippen LogP contribution is -2.49. The summed E-state index contributed by atoms with van der Waals surface area (Å²) >= 11 is 0. The molecule has 1 aliphatic heterocycles. The molecule has 0 unspecified atom stereocenters. The summed E-state index contributed by atoms with van der Waals surface area (Å²) in [5.74, 6) is 1.16. The zero-order valence-electron chi connectivity index (χ0n) is 16.9. The van der Waals surface area contributed by atoms with Crippen LogP contribution in [0.15, 0.2) is 29.3 Å². The van der Waals surface area contributed by atoms with Gasteiger partial charge in [-0.15, -0.1) is 0 Å². The number of guanidine groups is 1. The minimum atomic E-state index is -4.42. The minimum Gasteiger partial charge on any atom is -0.491 e. The average molecular weight is 400 g/mol. The Morgan fingerprint density at radius 2 is 1.93 bits per heavy atom. The third-order valence-corrected chi connectivity index (χ3v) is 4.62. The van der Waals surface area contributed by atoms with Gasteiger partial charge in [-0.1, -0.05) is 26.0 Å². The van der Waals surface area contributed by atoms with Crippen LogP contribution < -0.4 is 15.4 Å². The van der Waals surface area contributed by atoms with E-state index < -0.39 is 11.7 Å². The molecule has 2 N–H and O–H groups in total. The molecule has 0 bridgehead atoms. The molecular formula is C20H31F3N4O. The van der Waals surface area contributed by atoms with E-state index in [4.69, 9.17) is 4.74 Å². The summed E-state index contributed by atoms with van der Waals surface area (Å²) in [6.07, 6.45) is -2.34. The molecule has 1 fully saturated rings. The van der Waals surface area contributed by atoms with E-state index in [2.05, 4.69) is 34.4 Å². The fourth-order valence-corrected chi connectivity index (χ4v) is 3.32. The van der Waals surface area contributed by atoms with Crippen LogP contribution in [0.1, 0.15) is 32.3 Å². The number of hydrogen-bond donors (Lipinski definition) is 2. The van der Waals surface area contributed by atoms with Crippen LogP contribution in [0.3, 0.4) is 0 Å². The Morgan fingerprint density at radius 3 is 2.54 bits per heavy atom. The first kappa shape index (κ1) is 22.3. The quantitative estimate of drug-likeness (QED) is 0.419. The fourth-order valence-electron chi connectivity index (χ4n) is 3.32. The van der Waals surface area contributed by atoms with Crippen molar-refractivity contribution in [1.82, 2.24) is 15.5 Å². The minimum absolute atomic E-state index is 0.112. The number of nitrogens with zero attached hydrogens (tertiary/aromatic N) is 2. The number of ether oxygens (including phenoxy) is 1. The van der Waals surface area contributed by atoms with Gasteiger partial charge in [-0.25, -0.2) is 0 Å². The number of likely N-dealkylation sites (tertiary alicyclic amines) is 1. The Morgan fingerprint density at radius 1 is 1.25 bits per heavy atom. The van der Waals surface area contributed by atoms with Crippen molar-refractivity contribution in [3.8, 4) is 5.75 Å². The number of para-hydroxylation sites is 1. The summed E-state index contributed by atoms with van der Waals surface area (Å²) in [6, 6.07) is 5.59. The average Bonchev–Trinajstić information content (AvgIpc) is 2.64. The van der Waals surface area contributed by atoms with Crippen molar-refractivity contribution in [3.63, 3.8) is 0 Å². The lowest BCUT2D eigenvalue weighted by Gasteiger charge is -2.33. The number of hydrogen-bond acceptors (Lipinski definition) is 3. The topological polar surface area (TPSA) is 48.9 Å². The maximum atomic E-state index is 13.0. The Hall–Kier alpha value is -1.96. The molecule has 0 aromatic heterocycles. The van der Waals surface area contributed by atoms with Crippen molar-refractivity contribution in [1.29, 1.82) is 0 Å². The van der Waals surface area contributed by atoms with E-state index in [0.717, 1.165) is 38.5 Å². The second-order valence-electron chi connectivity index (χ2n) is 7.45. The van der Waals surface area contributed by atoms with E-state index in [1.807, 2.05) is 0 Å².